The number of rotatable bonds is 6. The molecule has 0 aliphatic heterocycles. The maximum Gasteiger partial charge on any atom is 0.305 e. The molecule has 0 amide bonds. The first-order valence-corrected chi connectivity index (χ1v) is 4.69. The quantitative estimate of drug-likeness (QED) is 0.466. The molecule has 0 aliphatic carbocycles. The molecule has 0 aliphatic rings. The van der Waals surface area contributed by atoms with E-state index in [1.165, 1.54) is 13.5 Å². The Balaban J connectivity index is 3.36. The maximum atomic E-state index is 10.7. The third-order valence-electron chi connectivity index (χ3n) is 1.58. The SMILES string of the molecule is CCCC=CC=CCCC(=O)OC. The topological polar surface area (TPSA) is 26.3 Å². The summed E-state index contributed by atoms with van der Waals surface area (Å²) in [5, 5.41) is 0. The Kier molecular flexibility index (Phi) is 8.31. The lowest BCUT2D eigenvalue weighted by atomic mass is 10.2. The van der Waals surface area contributed by atoms with E-state index in [0.29, 0.717) is 6.42 Å². The van der Waals surface area contributed by atoms with Crippen molar-refractivity contribution in [1.82, 2.24) is 0 Å². The number of hydrogen-bond acceptors (Lipinski definition) is 2. The Labute approximate surface area is 80.3 Å². The van der Waals surface area contributed by atoms with Gasteiger partial charge in [0.25, 0.3) is 0 Å². The number of carbonyl (C=O) groups excluding carboxylic acids is 1. The highest BCUT2D eigenvalue weighted by atomic mass is 16.5. The second-order valence-corrected chi connectivity index (χ2v) is 2.76. The molecule has 0 atom stereocenters. The van der Waals surface area contributed by atoms with Crippen LogP contribution in [0, 0.1) is 0 Å². The molecule has 0 saturated carbocycles. The van der Waals surface area contributed by atoms with Crippen molar-refractivity contribution in [1.29, 1.82) is 0 Å². The Bertz CT molecular complexity index is 181. The van der Waals surface area contributed by atoms with E-state index in [9.17, 15) is 4.79 Å². The lowest BCUT2D eigenvalue weighted by Crippen LogP contribution is -1.97. The van der Waals surface area contributed by atoms with Gasteiger partial charge in [-0.25, -0.2) is 0 Å². The van der Waals surface area contributed by atoms with E-state index in [1.807, 2.05) is 18.2 Å². The number of esters is 1. The molecule has 0 rings (SSSR count). The molecule has 0 N–H and O–H groups in total. The summed E-state index contributed by atoms with van der Waals surface area (Å²) in [6.07, 6.45) is 11.6. The summed E-state index contributed by atoms with van der Waals surface area (Å²) in [6, 6.07) is 0. The zero-order valence-corrected chi connectivity index (χ0v) is 8.45. The molecule has 0 aromatic rings. The summed E-state index contributed by atoms with van der Waals surface area (Å²) in [4.78, 5) is 10.7. The second-order valence-electron chi connectivity index (χ2n) is 2.76. The zero-order valence-electron chi connectivity index (χ0n) is 8.45. The van der Waals surface area contributed by atoms with Crippen molar-refractivity contribution < 1.29 is 9.53 Å². The Morgan fingerprint density at radius 1 is 1.23 bits per heavy atom. The first kappa shape index (κ1) is 11.9. The fourth-order valence-electron chi connectivity index (χ4n) is 0.819. The lowest BCUT2D eigenvalue weighted by molar-refractivity contribution is -0.140. The average Bonchev–Trinajstić information content (AvgIpc) is 2.16. The summed E-state index contributed by atoms with van der Waals surface area (Å²) in [7, 11) is 1.41. The van der Waals surface area contributed by atoms with Gasteiger partial charge >= 0.3 is 5.97 Å². The lowest BCUT2D eigenvalue weighted by Gasteiger charge is -1.92. The summed E-state index contributed by atoms with van der Waals surface area (Å²) < 4.78 is 4.50. The summed E-state index contributed by atoms with van der Waals surface area (Å²) in [5.74, 6) is -0.151. The van der Waals surface area contributed by atoms with Gasteiger partial charge in [0.05, 0.1) is 7.11 Å². The first-order valence-electron chi connectivity index (χ1n) is 4.69. The molecule has 2 heteroatoms. The predicted molar refractivity (Wildman–Crippen MR) is 54.4 cm³/mol. The summed E-state index contributed by atoms with van der Waals surface area (Å²) in [6.45, 7) is 2.14. The normalized spacial score (nSPS) is 11.2. The van der Waals surface area contributed by atoms with Gasteiger partial charge < -0.3 is 4.74 Å². The van der Waals surface area contributed by atoms with Crippen molar-refractivity contribution in [3.63, 3.8) is 0 Å². The molecule has 74 valence electrons. The van der Waals surface area contributed by atoms with E-state index in [1.54, 1.807) is 0 Å². The third-order valence-corrected chi connectivity index (χ3v) is 1.58. The van der Waals surface area contributed by atoms with Gasteiger partial charge in [-0.15, -0.1) is 0 Å². The standard InChI is InChI=1S/C11H18O2/c1-3-4-5-6-7-8-9-10-11(12)13-2/h5-8H,3-4,9-10H2,1-2H3. The predicted octanol–water partition coefficient (Wildman–Crippen LogP) is 2.85. The molecule has 2 nitrogen and oxygen atoms in total. The molecule has 0 heterocycles. The highest BCUT2D eigenvalue weighted by molar-refractivity contribution is 5.69. The maximum absolute atomic E-state index is 10.7. The monoisotopic (exact) mass is 182 g/mol. The Hall–Kier alpha value is -1.05. The van der Waals surface area contributed by atoms with Crippen LogP contribution in [0.1, 0.15) is 32.6 Å². The highest BCUT2D eigenvalue weighted by Gasteiger charge is 1.94. The largest absolute Gasteiger partial charge is 0.469 e. The van der Waals surface area contributed by atoms with Crippen molar-refractivity contribution in [3.05, 3.63) is 24.3 Å². The average molecular weight is 182 g/mol. The fourth-order valence-corrected chi connectivity index (χ4v) is 0.819. The van der Waals surface area contributed by atoms with Crippen LogP contribution < -0.4 is 0 Å². The van der Waals surface area contributed by atoms with Crippen LogP contribution >= 0.6 is 0 Å². The molecule has 0 aromatic heterocycles. The molecule has 0 bridgehead atoms. The molecule has 0 radical (unpaired) electrons. The Morgan fingerprint density at radius 2 is 1.85 bits per heavy atom. The van der Waals surface area contributed by atoms with Crippen LogP contribution in [0.25, 0.3) is 0 Å². The minimum Gasteiger partial charge on any atom is -0.469 e. The van der Waals surface area contributed by atoms with E-state index in [2.05, 4.69) is 17.7 Å². The number of unbranched alkanes of at least 4 members (excludes halogenated alkanes) is 1. The third kappa shape index (κ3) is 8.86. The van der Waals surface area contributed by atoms with E-state index >= 15 is 0 Å². The van der Waals surface area contributed by atoms with E-state index in [4.69, 9.17) is 0 Å². The molecule has 0 fully saturated rings. The number of carbonyl (C=O) groups is 1. The molecule has 0 spiro atoms. The van der Waals surface area contributed by atoms with Crippen LogP contribution in [0.3, 0.4) is 0 Å². The van der Waals surface area contributed by atoms with Crippen molar-refractivity contribution in [2.24, 2.45) is 0 Å². The van der Waals surface area contributed by atoms with Crippen LogP contribution in [0.5, 0.6) is 0 Å². The van der Waals surface area contributed by atoms with Gasteiger partial charge in [-0.1, -0.05) is 37.6 Å². The molecule has 0 unspecified atom stereocenters. The van der Waals surface area contributed by atoms with Gasteiger partial charge in [-0.05, 0) is 12.8 Å². The van der Waals surface area contributed by atoms with Crippen LogP contribution in [0.4, 0.5) is 0 Å². The molecular formula is C11H18O2. The number of methoxy groups -OCH3 is 1. The first-order chi connectivity index (χ1) is 6.31. The molecular weight excluding hydrogens is 164 g/mol. The number of allylic oxidation sites excluding steroid dienone is 4. The Morgan fingerprint density at radius 3 is 2.38 bits per heavy atom. The van der Waals surface area contributed by atoms with Crippen LogP contribution in [0.15, 0.2) is 24.3 Å². The van der Waals surface area contributed by atoms with Crippen molar-refractivity contribution in [2.45, 2.75) is 32.6 Å². The van der Waals surface area contributed by atoms with Gasteiger partial charge in [-0.3, -0.25) is 4.79 Å². The van der Waals surface area contributed by atoms with Gasteiger partial charge in [-0.2, -0.15) is 0 Å². The molecule has 0 saturated heterocycles. The smallest absolute Gasteiger partial charge is 0.305 e. The van der Waals surface area contributed by atoms with E-state index < -0.39 is 0 Å². The highest BCUT2D eigenvalue weighted by Crippen LogP contribution is 1.94. The zero-order chi connectivity index (χ0) is 9.94. The number of ether oxygens (including phenoxy) is 1. The van der Waals surface area contributed by atoms with Crippen LogP contribution in [-0.4, -0.2) is 13.1 Å². The summed E-state index contributed by atoms with van der Waals surface area (Å²) >= 11 is 0. The van der Waals surface area contributed by atoms with Gasteiger partial charge in [0, 0.05) is 6.42 Å². The van der Waals surface area contributed by atoms with Crippen molar-refractivity contribution in [3.8, 4) is 0 Å². The molecule has 0 aromatic carbocycles. The van der Waals surface area contributed by atoms with E-state index in [-0.39, 0.29) is 5.97 Å². The van der Waals surface area contributed by atoms with Gasteiger partial charge in [0.2, 0.25) is 0 Å². The minimum atomic E-state index is -0.151. The van der Waals surface area contributed by atoms with Crippen molar-refractivity contribution >= 4 is 5.97 Å². The van der Waals surface area contributed by atoms with Crippen molar-refractivity contribution in [2.75, 3.05) is 7.11 Å². The van der Waals surface area contributed by atoms with Crippen LogP contribution in [0.2, 0.25) is 0 Å². The van der Waals surface area contributed by atoms with E-state index in [0.717, 1.165) is 12.8 Å². The second kappa shape index (κ2) is 9.04. The summed E-state index contributed by atoms with van der Waals surface area (Å²) in [5.41, 5.74) is 0. The fraction of sp³-hybridized carbons (Fsp3) is 0.545. The van der Waals surface area contributed by atoms with Gasteiger partial charge in [0.15, 0.2) is 0 Å². The minimum absolute atomic E-state index is 0.151. The molecule has 13 heavy (non-hydrogen) atoms. The van der Waals surface area contributed by atoms with Crippen LogP contribution in [-0.2, 0) is 9.53 Å². The number of hydrogen-bond donors (Lipinski definition) is 0. The van der Waals surface area contributed by atoms with Gasteiger partial charge in [0.1, 0.15) is 0 Å².